The van der Waals surface area contributed by atoms with Crippen LogP contribution in [0.4, 0.5) is 0 Å². The van der Waals surface area contributed by atoms with E-state index in [1.54, 1.807) is 10.4 Å². The van der Waals surface area contributed by atoms with Gasteiger partial charge in [0.15, 0.2) is 0 Å². The van der Waals surface area contributed by atoms with Crippen LogP contribution in [0.3, 0.4) is 0 Å². The van der Waals surface area contributed by atoms with Crippen molar-refractivity contribution in [1.29, 1.82) is 0 Å². The zero-order chi connectivity index (χ0) is 12.4. The van der Waals surface area contributed by atoms with Gasteiger partial charge in [-0.3, -0.25) is 0 Å². The molecule has 0 aromatic carbocycles. The Morgan fingerprint density at radius 3 is 2.83 bits per heavy atom. The average Bonchev–Trinajstić information content (AvgIpc) is 2.87. The fraction of sp³-hybridized carbons (Fsp3) is 0.750. The Balaban J connectivity index is 1.64. The highest BCUT2D eigenvalue weighted by atomic mass is 32.1. The molecule has 1 fully saturated rings. The number of thiophene rings is 1. The third kappa shape index (κ3) is 2.65. The Kier molecular flexibility index (Phi) is 4.05. The van der Waals surface area contributed by atoms with E-state index in [2.05, 4.69) is 11.4 Å². The quantitative estimate of drug-likeness (QED) is 0.855. The largest absolute Gasteiger partial charge is 0.327 e. The second-order valence-corrected chi connectivity index (χ2v) is 7.20. The van der Waals surface area contributed by atoms with Crippen molar-refractivity contribution in [1.82, 2.24) is 0 Å². The van der Waals surface area contributed by atoms with E-state index in [1.807, 2.05) is 11.3 Å². The van der Waals surface area contributed by atoms with Crippen LogP contribution in [0, 0.1) is 5.92 Å². The molecular weight excluding hydrogens is 238 g/mol. The van der Waals surface area contributed by atoms with Crippen molar-refractivity contribution in [2.24, 2.45) is 11.7 Å². The van der Waals surface area contributed by atoms with Crippen molar-refractivity contribution >= 4 is 11.3 Å². The summed E-state index contributed by atoms with van der Waals surface area (Å²) >= 11 is 1.94. The van der Waals surface area contributed by atoms with Crippen LogP contribution in [0.1, 0.15) is 67.7 Å². The molecule has 0 spiro atoms. The molecule has 1 aromatic rings. The third-order valence-electron chi connectivity index (χ3n) is 4.95. The molecule has 0 aliphatic heterocycles. The molecule has 2 atom stereocenters. The zero-order valence-electron chi connectivity index (χ0n) is 11.2. The third-order valence-corrected chi connectivity index (χ3v) is 5.94. The Bertz CT molecular complexity index is 378. The number of hydrogen-bond acceptors (Lipinski definition) is 2. The second kappa shape index (κ2) is 5.75. The van der Waals surface area contributed by atoms with E-state index in [0.717, 1.165) is 5.92 Å². The summed E-state index contributed by atoms with van der Waals surface area (Å²) in [5.41, 5.74) is 8.15. The van der Waals surface area contributed by atoms with Gasteiger partial charge in [0.05, 0.1) is 0 Å². The van der Waals surface area contributed by atoms with Crippen LogP contribution in [0.15, 0.2) is 11.4 Å². The lowest BCUT2D eigenvalue weighted by Crippen LogP contribution is -2.33. The predicted molar refractivity (Wildman–Crippen MR) is 79.2 cm³/mol. The van der Waals surface area contributed by atoms with Gasteiger partial charge >= 0.3 is 0 Å². The molecule has 2 heteroatoms. The Hall–Kier alpha value is -0.340. The Morgan fingerprint density at radius 2 is 2.00 bits per heavy atom. The summed E-state index contributed by atoms with van der Waals surface area (Å²) in [4.78, 5) is 1.62. The SMILES string of the molecule is NC(CC1CCCCC1)C1CCCc2sccc21. The van der Waals surface area contributed by atoms with Gasteiger partial charge in [0.2, 0.25) is 0 Å². The fourth-order valence-electron chi connectivity index (χ4n) is 3.94. The van der Waals surface area contributed by atoms with Crippen LogP contribution in [-0.2, 0) is 6.42 Å². The zero-order valence-corrected chi connectivity index (χ0v) is 12.1. The van der Waals surface area contributed by atoms with Gasteiger partial charge in [0, 0.05) is 16.8 Å². The van der Waals surface area contributed by atoms with Gasteiger partial charge in [-0.2, -0.15) is 0 Å². The molecule has 1 saturated carbocycles. The Labute approximate surface area is 115 Å². The second-order valence-electron chi connectivity index (χ2n) is 6.20. The molecule has 0 saturated heterocycles. The van der Waals surface area contributed by atoms with Crippen molar-refractivity contribution in [3.63, 3.8) is 0 Å². The summed E-state index contributed by atoms with van der Waals surface area (Å²) in [7, 11) is 0. The van der Waals surface area contributed by atoms with Gasteiger partial charge in [-0.15, -0.1) is 11.3 Å². The lowest BCUT2D eigenvalue weighted by Gasteiger charge is -2.32. The summed E-state index contributed by atoms with van der Waals surface area (Å²) in [6, 6.07) is 2.74. The summed E-state index contributed by atoms with van der Waals surface area (Å²) < 4.78 is 0. The molecule has 2 aliphatic rings. The summed E-state index contributed by atoms with van der Waals surface area (Å²) in [6.45, 7) is 0. The number of fused-ring (bicyclic) bond motifs is 1. The molecule has 100 valence electrons. The molecule has 2 N–H and O–H groups in total. The van der Waals surface area contributed by atoms with Crippen LogP contribution < -0.4 is 5.73 Å². The van der Waals surface area contributed by atoms with E-state index >= 15 is 0 Å². The van der Waals surface area contributed by atoms with Gasteiger partial charge in [0.25, 0.3) is 0 Å². The molecule has 2 aliphatic carbocycles. The van der Waals surface area contributed by atoms with Crippen LogP contribution in [0.25, 0.3) is 0 Å². The van der Waals surface area contributed by atoms with Crippen molar-refractivity contribution in [2.75, 3.05) is 0 Å². The maximum atomic E-state index is 6.56. The smallest absolute Gasteiger partial charge is 0.0111 e. The fourth-order valence-corrected chi connectivity index (χ4v) is 4.94. The molecule has 0 bridgehead atoms. The van der Waals surface area contributed by atoms with Gasteiger partial charge in [-0.05, 0) is 48.6 Å². The number of nitrogens with two attached hydrogens (primary N) is 1. The lowest BCUT2D eigenvalue weighted by molar-refractivity contribution is 0.295. The van der Waals surface area contributed by atoms with Crippen LogP contribution in [-0.4, -0.2) is 6.04 Å². The highest BCUT2D eigenvalue weighted by Crippen LogP contribution is 2.39. The minimum Gasteiger partial charge on any atom is -0.327 e. The van der Waals surface area contributed by atoms with Crippen molar-refractivity contribution < 1.29 is 0 Å². The first-order valence-corrected chi connectivity index (χ1v) is 8.54. The first-order valence-electron chi connectivity index (χ1n) is 7.66. The molecule has 1 aromatic heterocycles. The topological polar surface area (TPSA) is 26.0 Å². The normalized spacial score (nSPS) is 26.8. The average molecular weight is 263 g/mol. The molecule has 0 radical (unpaired) electrons. The minimum atomic E-state index is 0.404. The summed E-state index contributed by atoms with van der Waals surface area (Å²) in [5.74, 6) is 1.57. The van der Waals surface area contributed by atoms with Crippen LogP contribution >= 0.6 is 11.3 Å². The van der Waals surface area contributed by atoms with Crippen molar-refractivity contribution in [3.8, 4) is 0 Å². The molecule has 2 unspecified atom stereocenters. The van der Waals surface area contributed by atoms with Crippen molar-refractivity contribution in [2.45, 2.75) is 69.7 Å². The number of rotatable bonds is 3. The van der Waals surface area contributed by atoms with Gasteiger partial charge < -0.3 is 5.73 Å². The molecule has 0 amide bonds. The molecule has 18 heavy (non-hydrogen) atoms. The standard InChI is InChI=1S/C16H25NS/c17-15(11-12-5-2-1-3-6-12)13-7-4-8-16-14(13)9-10-18-16/h9-10,12-13,15H,1-8,11,17H2. The van der Waals surface area contributed by atoms with Crippen molar-refractivity contribution in [3.05, 3.63) is 21.9 Å². The number of hydrogen-bond donors (Lipinski definition) is 1. The molecule has 3 rings (SSSR count). The molecule has 1 nitrogen and oxygen atoms in total. The van der Waals surface area contributed by atoms with Gasteiger partial charge in [0.1, 0.15) is 0 Å². The lowest BCUT2D eigenvalue weighted by atomic mass is 9.77. The van der Waals surface area contributed by atoms with E-state index in [4.69, 9.17) is 5.73 Å². The van der Waals surface area contributed by atoms with E-state index in [9.17, 15) is 0 Å². The van der Waals surface area contributed by atoms with Gasteiger partial charge in [-0.1, -0.05) is 32.1 Å². The van der Waals surface area contributed by atoms with E-state index in [-0.39, 0.29) is 0 Å². The summed E-state index contributed by atoms with van der Waals surface area (Å²) in [6.07, 6.45) is 12.4. The highest BCUT2D eigenvalue weighted by molar-refractivity contribution is 7.10. The van der Waals surface area contributed by atoms with E-state index < -0.39 is 0 Å². The monoisotopic (exact) mass is 263 g/mol. The maximum absolute atomic E-state index is 6.56. The predicted octanol–water partition coefficient (Wildman–Crippen LogP) is 4.47. The van der Waals surface area contributed by atoms with Crippen LogP contribution in [0.5, 0.6) is 0 Å². The summed E-state index contributed by atoms with van der Waals surface area (Å²) in [5, 5.41) is 2.26. The first kappa shape index (κ1) is 12.7. The van der Waals surface area contributed by atoms with Gasteiger partial charge in [-0.25, -0.2) is 0 Å². The number of aryl methyl sites for hydroxylation is 1. The first-order chi connectivity index (χ1) is 8.84. The maximum Gasteiger partial charge on any atom is 0.0111 e. The molecule has 1 heterocycles. The van der Waals surface area contributed by atoms with E-state index in [1.165, 1.54) is 57.8 Å². The highest BCUT2D eigenvalue weighted by Gasteiger charge is 2.28. The molecular formula is C16H25NS. The van der Waals surface area contributed by atoms with Crippen LogP contribution in [0.2, 0.25) is 0 Å². The minimum absolute atomic E-state index is 0.404. The Morgan fingerprint density at radius 1 is 1.17 bits per heavy atom. The van der Waals surface area contributed by atoms with E-state index in [0.29, 0.717) is 12.0 Å².